The van der Waals surface area contributed by atoms with E-state index in [1.54, 1.807) is 6.08 Å². The lowest BCUT2D eigenvalue weighted by Gasteiger charge is -1.95. The number of allylic oxidation sites excluding steroid dienone is 3. The van der Waals surface area contributed by atoms with Crippen molar-refractivity contribution >= 4 is 6.09 Å². The van der Waals surface area contributed by atoms with E-state index in [0.29, 0.717) is 6.54 Å². The Morgan fingerprint density at radius 3 is 2.59 bits per heavy atom. The second kappa shape index (κ2) is 8.16. The Labute approximate surface area is 101 Å². The Morgan fingerprint density at radius 2 is 1.88 bits per heavy atom. The molecule has 0 atom stereocenters. The Hall–Kier alpha value is -2.03. The van der Waals surface area contributed by atoms with Crippen LogP contribution >= 0.6 is 0 Å². The van der Waals surface area contributed by atoms with Gasteiger partial charge in [0, 0.05) is 6.54 Å². The average Bonchev–Trinajstić information content (AvgIpc) is 2.33. The average molecular weight is 231 g/mol. The third kappa shape index (κ3) is 6.95. The van der Waals surface area contributed by atoms with Crippen LogP contribution < -0.4 is 5.32 Å². The van der Waals surface area contributed by atoms with Crippen molar-refractivity contribution in [2.45, 2.75) is 12.8 Å². The first kappa shape index (κ1) is 13.0. The van der Waals surface area contributed by atoms with E-state index in [0.717, 1.165) is 12.8 Å². The molecule has 0 aliphatic rings. The largest absolute Gasteiger partial charge is 0.465 e. The summed E-state index contributed by atoms with van der Waals surface area (Å²) in [5, 5.41) is 10.6. The number of hydrogen-bond donors (Lipinski definition) is 2. The van der Waals surface area contributed by atoms with Crippen LogP contribution in [0.15, 0.2) is 54.6 Å². The van der Waals surface area contributed by atoms with E-state index in [1.807, 2.05) is 30.4 Å². The van der Waals surface area contributed by atoms with Gasteiger partial charge < -0.3 is 10.4 Å². The van der Waals surface area contributed by atoms with Crippen molar-refractivity contribution in [1.82, 2.24) is 5.32 Å². The van der Waals surface area contributed by atoms with Gasteiger partial charge in [0.15, 0.2) is 0 Å². The Bertz CT molecular complexity index is 382. The summed E-state index contributed by atoms with van der Waals surface area (Å²) in [5.74, 6) is 0. The maximum absolute atomic E-state index is 10.1. The molecule has 1 amide bonds. The molecule has 17 heavy (non-hydrogen) atoms. The number of nitrogens with one attached hydrogen (secondary N) is 1. The van der Waals surface area contributed by atoms with Crippen molar-refractivity contribution in [2.75, 3.05) is 6.54 Å². The van der Waals surface area contributed by atoms with Gasteiger partial charge in [-0.2, -0.15) is 0 Å². The number of hydrogen-bond acceptors (Lipinski definition) is 1. The Kier molecular flexibility index (Phi) is 6.26. The number of amides is 1. The number of aryl methyl sites for hydroxylation is 1. The lowest BCUT2D eigenvalue weighted by Crippen LogP contribution is -2.20. The maximum Gasteiger partial charge on any atom is 0.404 e. The van der Waals surface area contributed by atoms with Crippen molar-refractivity contribution in [3.63, 3.8) is 0 Å². The topological polar surface area (TPSA) is 49.3 Å². The first-order valence-corrected chi connectivity index (χ1v) is 5.61. The summed E-state index contributed by atoms with van der Waals surface area (Å²) >= 11 is 0. The third-order valence-electron chi connectivity index (χ3n) is 2.20. The highest BCUT2D eigenvalue weighted by Crippen LogP contribution is 2.02. The van der Waals surface area contributed by atoms with Gasteiger partial charge in [-0.1, -0.05) is 54.6 Å². The molecule has 0 saturated carbocycles. The fraction of sp³-hybridized carbons (Fsp3) is 0.214. The molecule has 2 N–H and O–H groups in total. The summed E-state index contributed by atoms with van der Waals surface area (Å²) in [4.78, 5) is 10.1. The number of rotatable bonds is 6. The minimum atomic E-state index is -0.997. The zero-order valence-electron chi connectivity index (χ0n) is 9.67. The van der Waals surface area contributed by atoms with Gasteiger partial charge in [-0.3, -0.25) is 0 Å². The van der Waals surface area contributed by atoms with Crippen LogP contribution in [0.4, 0.5) is 4.79 Å². The predicted octanol–water partition coefficient (Wildman–Crippen LogP) is 3.00. The highest BCUT2D eigenvalue weighted by atomic mass is 16.4. The van der Waals surface area contributed by atoms with Gasteiger partial charge in [0.2, 0.25) is 0 Å². The fourth-order valence-electron chi connectivity index (χ4n) is 1.36. The van der Waals surface area contributed by atoms with Crippen LogP contribution in [-0.2, 0) is 6.42 Å². The second-order valence-electron chi connectivity index (χ2n) is 3.57. The summed E-state index contributed by atoms with van der Waals surface area (Å²) in [6.07, 6.45) is 8.65. The summed E-state index contributed by atoms with van der Waals surface area (Å²) in [6.45, 7) is 0.346. The molecule has 0 bridgehead atoms. The molecule has 0 radical (unpaired) electrons. The monoisotopic (exact) mass is 231 g/mol. The molecule has 0 unspecified atom stereocenters. The highest BCUT2D eigenvalue weighted by molar-refractivity contribution is 5.64. The fourth-order valence-corrected chi connectivity index (χ4v) is 1.36. The Morgan fingerprint density at radius 1 is 1.18 bits per heavy atom. The van der Waals surface area contributed by atoms with Gasteiger partial charge in [-0.05, 0) is 18.4 Å². The van der Waals surface area contributed by atoms with Gasteiger partial charge in [0.05, 0.1) is 0 Å². The molecule has 0 aliphatic carbocycles. The molecule has 1 rings (SSSR count). The first-order chi connectivity index (χ1) is 8.29. The van der Waals surface area contributed by atoms with Crippen LogP contribution in [0.1, 0.15) is 12.0 Å². The van der Waals surface area contributed by atoms with Crippen LogP contribution in [0.5, 0.6) is 0 Å². The highest BCUT2D eigenvalue weighted by Gasteiger charge is 1.88. The molecule has 1 aromatic carbocycles. The van der Waals surface area contributed by atoms with Crippen LogP contribution in [0, 0.1) is 0 Å². The van der Waals surface area contributed by atoms with E-state index in [9.17, 15) is 4.79 Å². The summed E-state index contributed by atoms with van der Waals surface area (Å²) in [6, 6.07) is 10.3. The molecular formula is C14H17NO2. The lowest BCUT2D eigenvalue weighted by molar-refractivity contribution is 0.195. The zero-order chi connectivity index (χ0) is 12.3. The van der Waals surface area contributed by atoms with E-state index >= 15 is 0 Å². The van der Waals surface area contributed by atoms with Crippen molar-refractivity contribution in [1.29, 1.82) is 0 Å². The molecule has 0 heterocycles. The molecular weight excluding hydrogens is 214 g/mol. The molecule has 0 aromatic heterocycles. The van der Waals surface area contributed by atoms with Crippen molar-refractivity contribution < 1.29 is 9.90 Å². The van der Waals surface area contributed by atoms with Crippen molar-refractivity contribution in [2.24, 2.45) is 0 Å². The summed E-state index contributed by atoms with van der Waals surface area (Å²) in [7, 11) is 0. The zero-order valence-corrected chi connectivity index (χ0v) is 9.67. The molecule has 3 heteroatoms. The minimum absolute atomic E-state index is 0.346. The normalized spacial score (nSPS) is 11.1. The molecule has 0 saturated heterocycles. The van der Waals surface area contributed by atoms with Crippen LogP contribution in [0.2, 0.25) is 0 Å². The van der Waals surface area contributed by atoms with Gasteiger partial charge in [0.1, 0.15) is 0 Å². The van der Waals surface area contributed by atoms with Gasteiger partial charge in [-0.15, -0.1) is 0 Å². The van der Waals surface area contributed by atoms with Gasteiger partial charge >= 0.3 is 6.09 Å². The predicted molar refractivity (Wildman–Crippen MR) is 69.1 cm³/mol. The van der Waals surface area contributed by atoms with Crippen molar-refractivity contribution in [3.05, 3.63) is 60.2 Å². The van der Waals surface area contributed by atoms with E-state index in [2.05, 4.69) is 23.5 Å². The molecule has 0 aliphatic heterocycles. The lowest BCUT2D eigenvalue weighted by atomic mass is 10.1. The maximum atomic E-state index is 10.1. The smallest absolute Gasteiger partial charge is 0.404 e. The standard InChI is InChI=1S/C14H17NO2/c16-14(17)15-12-8-3-1-2-5-9-13-10-6-4-7-11-13/h1-4,6-8,10-11,15H,5,9,12H2,(H,16,17)/b2-1+,8-3+. The number of carbonyl (C=O) groups is 1. The summed E-state index contributed by atoms with van der Waals surface area (Å²) in [5.41, 5.74) is 1.33. The molecule has 1 aromatic rings. The van der Waals surface area contributed by atoms with Crippen molar-refractivity contribution in [3.8, 4) is 0 Å². The van der Waals surface area contributed by atoms with Crippen LogP contribution in [0.3, 0.4) is 0 Å². The van der Waals surface area contributed by atoms with Gasteiger partial charge in [0.25, 0.3) is 0 Å². The quantitative estimate of drug-likeness (QED) is 0.739. The SMILES string of the molecule is O=C(O)NC/C=C/C=C/CCc1ccccc1. The molecule has 0 fully saturated rings. The Balaban J connectivity index is 2.12. The van der Waals surface area contributed by atoms with Gasteiger partial charge in [-0.25, -0.2) is 4.79 Å². The first-order valence-electron chi connectivity index (χ1n) is 5.61. The van der Waals surface area contributed by atoms with E-state index < -0.39 is 6.09 Å². The molecule has 3 nitrogen and oxygen atoms in total. The summed E-state index contributed by atoms with van der Waals surface area (Å²) < 4.78 is 0. The molecule has 0 spiro atoms. The number of carboxylic acid groups (broad SMARTS) is 1. The molecule has 90 valence electrons. The number of benzene rings is 1. The van der Waals surface area contributed by atoms with E-state index in [1.165, 1.54) is 5.56 Å². The van der Waals surface area contributed by atoms with E-state index in [4.69, 9.17) is 5.11 Å². The van der Waals surface area contributed by atoms with Crippen LogP contribution in [0.25, 0.3) is 0 Å². The van der Waals surface area contributed by atoms with Crippen LogP contribution in [-0.4, -0.2) is 17.7 Å². The van der Waals surface area contributed by atoms with E-state index in [-0.39, 0.29) is 0 Å². The third-order valence-corrected chi connectivity index (χ3v) is 2.20. The second-order valence-corrected chi connectivity index (χ2v) is 3.57. The minimum Gasteiger partial charge on any atom is -0.465 e.